The standard InChI is InChI=1S/C33H48ClN3O5/c1-31(2,3)42-29(39)35-27(21-24-11-13-26(34)14-12-24)28(38)36-19-17-32(18-20-36,25-9-5-4-6-10-25)22-37-30(40)41-23-33(37)15-7-8-16-33/h11-14,25,27H,4-10,15-23H2,1-3H3,(H,35,39). The van der Waals surface area contributed by atoms with E-state index in [0.717, 1.165) is 50.6 Å². The van der Waals surface area contributed by atoms with Gasteiger partial charge in [0, 0.05) is 31.1 Å². The van der Waals surface area contributed by atoms with Gasteiger partial charge in [0.25, 0.3) is 0 Å². The summed E-state index contributed by atoms with van der Waals surface area (Å²) in [4.78, 5) is 43.9. The van der Waals surface area contributed by atoms with Gasteiger partial charge in [-0.3, -0.25) is 9.69 Å². The minimum atomic E-state index is -0.751. The number of halogens is 1. The third-order valence-electron chi connectivity index (χ3n) is 10.1. The molecule has 1 unspecified atom stereocenters. The van der Waals surface area contributed by atoms with E-state index in [1.807, 2.05) is 37.8 Å². The Balaban J connectivity index is 1.32. The maximum absolute atomic E-state index is 14.0. The van der Waals surface area contributed by atoms with Crippen LogP contribution in [0.2, 0.25) is 5.02 Å². The van der Waals surface area contributed by atoms with Crippen molar-refractivity contribution in [3.05, 3.63) is 34.9 Å². The molecule has 1 spiro atoms. The first-order valence-electron chi connectivity index (χ1n) is 16.0. The Labute approximate surface area is 255 Å². The Morgan fingerprint density at radius 2 is 1.67 bits per heavy atom. The van der Waals surface area contributed by atoms with Crippen LogP contribution in [0.4, 0.5) is 9.59 Å². The van der Waals surface area contributed by atoms with Crippen LogP contribution in [0.1, 0.15) is 97.0 Å². The fourth-order valence-corrected chi connectivity index (χ4v) is 7.98. The molecule has 4 fully saturated rings. The molecule has 2 heterocycles. The number of benzene rings is 1. The smallest absolute Gasteiger partial charge is 0.410 e. The van der Waals surface area contributed by atoms with Gasteiger partial charge in [0.2, 0.25) is 5.91 Å². The van der Waals surface area contributed by atoms with Crippen molar-refractivity contribution in [3.8, 4) is 0 Å². The highest BCUT2D eigenvalue weighted by Gasteiger charge is 2.53. The van der Waals surface area contributed by atoms with Crippen LogP contribution in [0.25, 0.3) is 0 Å². The molecule has 0 radical (unpaired) electrons. The molecule has 4 aliphatic rings. The molecular weight excluding hydrogens is 554 g/mol. The van der Waals surface area contributed by atoms with Crippen LogP contribution in [-0.4, -0.2) is 71.3 Å². The fourth-order valence-electron chi connectivity index (χ4n) is 7.85. The van der Waals surface area contributed by atoms with E-state index in [1.165, 1.54) is 32.1 Å². The molecule has 2 aliphatic carbocycles. The van der Waals surface area contributed by atoms with Gasteiger partial charge in [-0.05, 0) is 88.3 Å². The Kier molecular flexibility index (Phi) is 9.31. The average Bonchev–Trinajstić information content (AvgIpc) is 3.56. The number of alkyl carbamates (subject to hydrolysis) is 1. The number of carbonyl (C=O) groups is 3. The highest BCUT2D eigenvalue weighted by Crippen LogP contribution is 2.50. The predicted molar refractivity (Wildman–Crippen MR) is 162 cm³/mol. The van der Waals surface area contributed by atoms with Gasteiger partial charge >= 0.3 is 12.2 Å². The second-order valence-electron chi connectivity index (χ2n) is 14.1. The van der Waals surface area contributed by atoms with Gasteiger partial charge in [-0.25, -0.2) is 9.59 Å². The van der Waals surface area contributed by atoms with Crippen molar-refractivity contribution in [2.75, 3.05) is 26.2 Å². The minimum Gasteiger partial charge on any atom is -0.447 e. The van der Waals surface area contributed by atoms with Crippen LogP contribution >= 0.6 is 11.6 Å². The molecule has 1 aromatic rings. The first-order chi connectivity index (χ1) is 20.0. The third-order valence-corrected chi connectivity index (χ3v) is 10.4. The quantitative estimate of drug-likeness (QED) is 0.374. The maximum Gasteiger partial charge on any atom is 0.410 e. The first kappa shape index (κ1) is 31.0. The summed E-state index contributed by atoms with van der Waals surface area (Å²) in [5.74, 6) is 0.445. The number of rotatable bonds is 7. The zero-order valence-electron chi connectivity index (χ0n) is 25.6. The van der Waals surface area contributed by atoms with E-state index in [2.05, 4.69) is 10.2 Å². The fraction of sp³-hybridized carbons (Fsp3) is 0.727. The lowest BCUT2D eigenvalue weighted by Gasteiger charge is -2.51. The van der Waals surface area contributed by atoms with E-state index < -0.39 is 17.7 Å². The summed E-state index contributed by atoms with van der Waals surface area (Å²) in [6, 6.07) is 6.62. The van der Waals surface area contributed by atoms with Gasteiger partial charge in [0.1, 0.15) is 18.2 Å². The number of likely N-dealkylation sites (tertiary alicyclic amines) is 1. The molecule has 5 rings (SSSR count). The zero-order chi connectivity index (χ0) is 30.0. The number of nitrogens with one attached hydrogen (secondary N) is 1. The van der Waals surface area contributed by atoms with E-state index in [4.69, 9.17) is 21.1 Å². The topological polar surface area (TPSA) is 88.2 Å². The minimum absolute atomic E-state index is 0.0274. The van der Waals surface area contributed by atoms with Crippen LogP contribution in [0.5, 0.6) is 0 Å². The lowest BCUT2D eigenvalue weighted by Crippen LogP contribution is -2.58. The largest absolute Gasteiger partial charge is 0.447 e. The highest BCUT2D eigenvalue weighted by atomic mass is 35.5. The van der Waals surface area contributed by atoms with Crippen molar-refractivity contribution in [3.63, 3.8) is 0 Å². The van der Waals surface area contributed by atoms with E-state index in [0.29, 0.717) is 37.1 Å². The zero-order valence-corrected chi connectivity index (χ0v) is 26.3. The van der Waals surface area contributed by atoms with Crippen molar-refractivity contribution < 1.29 is 23.9 Å². The molecular formula is C33H48ClN3O5. The normalized spacial score (nSPS) is 23.1. The van der Waals surface area contributed by atoms with Crippen LogP contribution in [-0.2, 0) is 20.7 Å². The van der Waals surface area contributed by atoms with Gasteiger partial charge in [-0.1, -0.05) is 55.8 Å². The first-order valence-corrected chi connectivity index (χ1v) is 16.3. The molecule has 2 saturated carbocycles. The monoisotopic (exact) mass is 601 g/mol. The summed E-state index contributed by atoms with van der Waals surface area (Å²) in [5, 5.41) is 3.48. The molecule has 9 heteroatoms. The summed E-state index contributed by atoms with van der Waals surface area (Å²) in [5.41, 5.74) is 0.0696. The lowest BCUT2D eigenvalue weighted by molar-refractivity contribution is -0.137. The summed E-state index contributed by atoms with van der Waals surface area (Å²) in [6.07, 6.45) is 11.7. The van der Waals surface area contributed by atoms with Crippen LogP contribution in [0.3, 0.4) is 0 Å². The van der Waals surface area contributed by atoms with Crippen molar-refractivity contribution in [2.24, 2.45) is 11.3 Å². The molecule has 2 aliphatic heterocycles. The molecule has 3 amide bonds. The number of ether oxygens (including phenoxy) is 2. The summed E-state index contributed by atoms with van der Waals surface area (Å²) in [7, 11) is 0. The number of cyclic esters (lactones) is 1. The van der Waals surface area contributed by atoms with Crippen molar-refractivity contribution in [2.45, 2.75) is 115 Å². The van der Waals surface area contributed by atoms with Crippen molar-refractivity contribution in [1.82, 2.24) is 15.1 Å². The Bertz CT molecular complexity index is 1110. The number of carbonyl (C=O) groups excluding carboxylic acids is 3. The summed E-state index contributed by atoms with van der Waals surface area (Å²) < 4.78 is 11.2. The Morgan fingerprint density at radius 3 is 2.29 bits per heavy atom. The molecule has 1 N–H and O–H groups in total. The van der Waals surface area contributed by atoms with Gasteiger partial charge in [-0.2, -0.15) is 0 Å². The highest BCUT2D eigenvalue weighted by molar-refractivity contribution is 6.30. The number of hydrogen-bond acceptors (Lipinski definition) is 5. The number of hydrogen-bond donors (Lipinski definition) is 1. The molecule has 1 atom stereocenters. The molecule has 2 saturated heterocycles. The lowest BCUT2D eigenvalue weighted by atomic mass is 9.63. The van der Waals surface area contributed by atoms with E-state index in [1.54, 1.807) is 12.1 Å². The van der Waals surface area contributed by atoms with Crippen LogP contribution in [0, 0.1) is 11.3 Å². The van der Waals surface area contributed by atoms with Crippen LogP contribution in [0.15, 0.2) is 24.3 Å². The average molecular weight is 602 g/mol. The number of piperidine rings is 1. The molecule has 0 bridgehead atoms. The SMILES string of the molecule is CC(C)(C)OC(=O)NC(Cc1ccc(Cl)cc1)C(=O)N1CCC(CN2C(=O)OCC23CCCC3)(C2CCCCC2)CC1. The summed E-state index contributed by atoms with van der Waals surface area (Å²) >= 11 is 6.09. The third kappa shape index (κ3) is 7.00. The van der Waals surface area contributed by atoms with Gasteiger partial charge in [-0.15, -0.1) is 0 Å². The molecule has 232 valence electrons. The van der Waals surface area contributed by atoms with E-state index in [9.17, 15) is 14.4 Å². The molecule has 42 heavy (non-hydrogen) atoms. The maximum atomic E-state index is 14.0. The Hall–Kier alpha value is -2.48. The van der Waals surface area contributed by atoms with E-state index in [-0.39, 0.29) is 23.0 Å². The van der Waals surface area contributed by atoms with Gasteiger partial charge < -0.3 is 19.7 Å². The van der Waals surface area contributed by atoms with Gasteiger partial charge in [0.05, 0.1) is 5.54 Å². The molecule has 1 aromatic carbocycles. The summed E-state index contributed by atoms with van der Waals surface area (Å²) in [6.45, 7) is 7.89. The number of nitrogens with zero attached hydrogens (tertiary/aromatic N) is 2. The molecule has 0 aromatic heterocycles. The Morgan fingerprint density at radius 1 is 1.02 bits per heavy atom. The second kappa shape index (κ2) is 12.6. The molecule has 8 nitrogen and oxygen atoms in total. The second-order valence-corrected chi connectivity index (χ2v) is 14.6. The van der Waals surface area contributed by atoms with Gasteiger partial charge in [0.15, 0.2) is 0 Å². The van der Waals surface area contributed by atoms with Crippen molar-refractivity contribution in [1.29, 1.82) is 0 Å². The predicted octanol–water partition coefficient (Wildman–Crippen LogP) is 6.73. The van der Waals surface area contributed by atoms with Crippen molar-refractivity contribution >= 4 is 29.7 Å². The number of amides is 3. The van der Waals surface area contributed by atoms with E-state index >= 15 is 0 Å². The van der Waals surface area contributed by atoms with Crippen LogP contribution < -0.4 is 5.32 Å².